The van der Waals surface area contributed by atoms with Crippen LogP contribution in [0.2, 0.25) is 0 Å². The van der Waals surface area contributed by atoms with Gasteiger partial charge in [-0.1, -0.05) is 26.0 Å². The Hall–Kier alpha value is -1.62. The lowest BCUT2D eigenvalue weighted by Gasteiger charge is -2.12. The van der Waals surface area contributed by atoms with E-state index in [1.54, 1.807) is 11.3 Å². The number of para-hydroxylation sites is 1. The molecule has 0 spiro atoms. The van der Waals surface area contributed by atoms with Crippen LogP contribution in [0.1, 0.15) is 25.3 Å². The average molecular weight is 304 g/mol. The lowest BCUT2D eigenvalue weighted by molar-refractivity contribution is 0.612. The summed E-state index contributed by atoms with van der Waals surface area (Å²) in [7, 11) is 1.81. The summed E-state index contributed by atoms with van der Waals surface area (Å²) in [5.74, 6) is 1.50. The highest BCUT2D eigenvalue weighted by atomic mass is 32.1. The van der Waals surface area contributed by atoms with E-state index in [0.717, 1.165) is 37.4 Å². The van der Waals surface area contributed by atoms with Crippen LogP contribution in [0.4, 0.5) is 0 Å². The molecule has 0 saturated carbocycles. The van der Waals surface area contributed by atoms with Gasteiger partial charge in [-0.2, -0.15) is 0 Å². The molecule has 1 aromatic heterocycles. The van der Waals surface area contributed by atoms with E-state index in [9.17, 15) is 0 Å². The SMILES string of the molecule is CN=C(NCCCc1nc2ccccc2s1)NCC(C)C. The van der Waals surface area contributed by atoms with Crippen LogP contribution in [0.25, 0.3) is 10.2 Å². The van der Waals surface area contributed by atoms with Crippen LogP contribution in [-0.2, 0) is 6.42 Å². The van der Waals surface area contributed by atoms with Gasteiger partial charge in [0.1, 0.15) is 0 Å². The number of aryl methyl sites for hydroxylation is 1. The summed E-state index contributed by atoms with van der Waals surface area (Å²) >= 11 is 1.79. The molecule has 114 valence electrons. The molecule has 21 heavy (non-hydrogen) atoms. The number of hydrogen-bond donors (Lipinski definition) is 2. The fourth-order valence-corrected chi connectivity index (χ4v) is 3.00. The molecule has 0 bridgehead atoms. The van der Waals surface area contributed by atoms with Crippen molar-refractivity contribution >= 4 is 27.5 Å². The molecule has 0 aliphatic heterocycles. The Morgan fingerprint density at radius 2 is 2.10 bits per heavy atom. The van der Waals surface area contributed by atoms with Crippen LogP contribution in [0.3, 0.4) is 0 Å². The van der Waals surface area contributed by atoms with E-state index in [-0.39, 0.29) is 0 Å². The van der Waals surface area contributed by atoms with E-state index in [2.05, 4.69) is 52.7 Å². The van der Waals surface area contributed by atoms with Crippen LogP contribution in [-0.4, -0.2) is 31.1 Å². The standard InChI is InChI=1S/C16H24N4S/c1-12(2)11-19-16(17-3)18-10-6-9-15-20-13-7-4-5-8-14(13)21-15/h4-5,7-8,12H,6,9-11H2,1-3H3,(H2,17,18,19). The lowest BCUT2D eigenvalue weighted by Crippen LogP contribution is -2.39. The average Bonchev–Trinajstić information content (AvgIpc) is 2.89. The first-order chi connectivity index (χ1) is 10.2. The van der Waals surface area contributed by atoms with Crippen molar-refractivity contribution in [1.29, 1.82) is 0 Å². The fraction of sp³-hybridized carbons (Fsp3) is 0.500. The molecule has 2 aromatic rings. The van der Waals surface area contributed by atoms with Crippen molar-refractivity contribution in [3.8, 4) is 0 Å². The van der Waals surface area contributed by atoms with Gasteiger partial charge in [0, 0.05) is 26.6 Å². The second-order valence-corrected chi connectivity index (χ2v) is 6.57. The maximum Gasteiger partial charge on any atom is 0.190 e. The van der Waals surface area contributed by atoms with Gasteiger partial charge < -0.3 is 10.6 Å². The second kappa shape index (κ2) is 7.98. The molecule has 0 fully saturated rings. The van der Waals surface area contributed by atoms with Crippen molar-refractivity contribution in [3.63, 3.8) is 0 Å². The van der Waals surface area contributed by atoms with Gasteiger partial charge in [0.25, 0.3) is 0 Å². The van der Waals surface area contributed by atoms with Crippen LogP contribution >= 0.6 is 11.3 Å². The zero-order valence-corrected chi connectivity index (χ0v) is 13.8. The number of benzene rings is 1. The molecular formula is C16H24N4S. The highest BCUT2D eigenvalue weighted by Gasteiger charge is 2.03. The second-order valence-electron chi connectivity index (χ2n) is 5.45. The smallest absolute Gasteiger partial charge is 0.190 e. The molecule has 0 aliphatic rings. The predicted octanol–water partition coefficient (Wildman–Crippen LogP) is 3.05. The van der Waals surface area contributed by atoms with Gasteiger partial charge in [0.05, 0.1) is 15.2 Å². The van der Waals surface area contributed by atoms with Gasteiger partial charge in [0.2, 0.25) is 0 Å². The number of nitrogens with zero attached hydrogens (tertiary/aromatic N) is 2. The van der Waals surface area contributed by atoms with E-state index < -0.39 is 0 Å². The third kappa shape index (κ3) is 5.01. The number of rotatable bonds is 6. The van der Waals surface area contributed by atoms with Crippen molar-refractivity contribution < 1.29 is 0 Å². The summed E-state index contributed by atoms with van der Waals surface area (Å²) in [5, 5.41) is 7.87. The zero-order valence-electron chi connectivity index (χ0n) is 13.0. The summed E-state index contributed by atoms with van der Waals surface area (Å²) in [6, 6.07) is 8.31. The van der Waals surface area contributed by atoms with Crippen molar-refractivity contribution in [2.45, 2.75) is 26.7 Å². The van der Waals surface area contributed by atoms with Crippen LogP contribution in [0, 0.1) is 5.92 Å². The molecule has 2 rings (SSSR count). The Kier molecular flexibility index (Phi) is 5.99. The zero-order chi connectivity index (χ0) is 15.1. The van der Waals surface area contributed by atoms with Gasteiger partial charge in [-0.3, -0.25) is 4.99 Å². The summed E-state index contributed by atoms with van der Waals surface area (Å²) in [5.41, 5.74) is 1.11. The molecule has 0 saturated heterocycles. The van der Waals surface area contributed by atoms with Crippen molar-refractivity contribution in [2.75, 3.05) is 20.1 Å². The van der Waals surface area contributed by atoms with Crippen LogP contribution in [0.5, 0.6) is 0 Å². The Balaban J connectivity index is 1.73. The normalized spacial score (nSPS) is 12.1. The summed E-state index contributed by atoms with van der Waals surface area (Å²) in [4.78, 5) is 8.87. The first-order valence-electron chi connectivity index (χ1n) is 7.48. The van der Waals surface area contributed by atoms with Crippen LogP contribution in [0.15, 0.2) is 29.3 Å². The lowest BCUT2D eigenvalue weighted by atomic mass is 10.2. The third-order valence-corrected chi connectivity index (χ3v) is 4.20. The van der Waals surface area contributed by atoms with Gasteiger partial charge in [-0.05, 0) is 24.5 Å². The molecule has 0 atom stereocenters. The number of aliphatic imine (C=N–C) groups is 1. The number of aromatic nitrogens is 1. The Bertz CT molecular complexity index is 556. The molecule has 2 N–H and O–H groups in total. The molecule has 5 heteroatoms. The summed E-state index contributed by atoms with van der Waals surface area (Å²) < 4.78 is 1.27. The van der Waals surface area contributed by atoms with Crippen molar-refractivity contribution in [3.05, 3.63) is 29.3 Å². The minimum atomic E-state index is 0.617. The first kappa shape index (κ1) is 15.8. The molecule has 1 heterocycles. The number of hydrogen-bond acceptors (Lipinski definition) is 3. The quantitative estimate of drug-likeness (QED) is 0.490. The number of guanidine groups is 1. The first-order valence-corrected chi connectivity index (χ1v) is 8.29. The highest BCUT2D eigenvalue weighted by Crippen LogP contribution is 2.22. The predicted molar refractivity (Wildman–Crippen MR) is 92.1 cm³/mol. The number of fused-ring (bicyclic) bond motifs is 1. The third-order valence-electron chi connectivity index (χ3n) is 3.10. The number of thiazole rings is 1. The van der Waals surface area contributed by atoms with Gasteiger partial charge in [-0.25, -0.2) is 4.98 Å². The Labute approximate surface area is 130 Å². The minimum Gasteiger partial charge on any atom is -0.356 e. The molecule has 1 aromatic carbocycles. The number of nitrogens with one attached hydrogen (secondary N) is 2. The van der Waals surface area contributed by atoms with Crippen molar-refractivity contribution in [2.24, 2.45) is 10.9 Å². The fourth-order valence-electron chi connectivity index (χ4n) is 1.99. The Morgan fingerprint density at radius 1 is 1.29 bits per heavy atom. The molecule has 0 aliphatic carbocycles. The van der Waals surface area contributed by atoms with E-state index in [4.69, 9.17) is 0 Å². The van der Waals surface area contributed by atoms with Crippen LogP contribution < -0.4 is 10.6 Å². The van der Waals surface area contributed by atoms with Gasteiger partial charge >= 0.3 is 0 Å². The van der Waals surface area contributed by atoms with Gasteiger partial charge in [0.15, 0.2) is 5.96 Å². The molecule has 0 radical (unpaired) electrons. The monoisotopic (exact) mass is 304 g/mol. The van der Waals surface area contributed by atoms with E-state index in [1.807, 2.05) is 13.1 Å². The highest BCUT2D eigenvalue weighted by molar-refractivity contribution is 7.18. The molecule has 0 unspecified atom stereocenters. The largest absolute Gasteiger partial charge is 0.356 e. The summed E-state index contributed by atoms with van der Waals surface area (Å²) in [6.07, 6.45) is 2.07. The minimum absolute atomic E-state index is 0.617. The van der Waals surface area contributed by atoms with Gasteiger partial charge in [-0.15, -0.1) is 11.3 Å². The van der Waals surface area contributed by atoms with Crippen molar-refractivity contribution in [1.82, 2.24) is 15.6 Å². The molecule has 4 nitrogen and oxygen atoms in total. The topological polar surface area (TPSA) is 49.3 Å². The van der Waals surface area contributed by atoms with E-state index >= 15 is 0 Å². The van der Waals surface area contributed by atoms with E-state index in [0.29, 0.717) is 5.92 Å². The maximum atomic E-state index is 4.65. The molecule has 0 amide bonds. The summed E-state index contributed by atoms with van der Waals surface area (Å²) in [6.45, 7) is 6.23. The molecular weight excluding hydrogens is 280 g/mol. The Morgan fingerprint density at radius 3 is 2.81 bits per heavy atom. The van der Waals surface area contributed by atoms with E-state index in [1.165, 1.54) is 9.71 Å². The maximum absolute atomic E-state index is 4.65.